The number of rotatable bonds is 2. The normalized spacial score (nSPS) is 10.7. The second kappa shape index (κ2) is 5.82. The van der Waals surface area contributed by atoms with Crippen LogP contribution in [0.5, 0.6) is 0 Å². The SMILES string of the molecule is Cc1ccc(C(=O)O)c(-c2c(Cl)cc(Cl)c(Cl)c2Cl)c1. The highest BCUT2D eigenvalue weighted by molar-refractivity contribution is 6.51. The van der Waals surface area contributed by atoms with Crippen molar-refractivity contribution in [2.45, 2.75) is 6.92 Å². The Balaban J connectivity index is 2.84. The van der Waals surface area contributed by atoms with Gasteiger partial charge in [0.2, 0.25) is 0 Å². The fourth-order valence-corrected chi connectivity index (χ4v) is 2.98. The van der Waals surface area contributed by atoms with E-state index in [1.807, 2.05) is 6.92 Å². The average molecular weight is 350 g/mol. The molecule has 0 spiro atoms. The maximum atomic E-state index is 11.3. The van der Waals surface area contributed by atoms with Gasteiger partial charge in [0.1, 0.15) is 0 Å². The second-order valence-corrected chi connectivity index (χ2v) is 5.77. The molecular formula is C14H8Cl4O2. The summed E-state index contributed by atoms with van der Waals surface area (Å²) in [6.07, 6.45) is 0. The lowest BCUT2D eigenvalue weighted by molar-refractivity contribution is 0.0698. The van der Waals surface area contributed by atoms with Crippen molar-refractivity contribution in [3.8, 4) is 11.1 Å². The van der Waals surface area contributed by atoms with Gasteiger partial charge in [0, 0.05) is 5.56 Å². The highest BCUT2D eigenvalue weighted by atomic mass is 35.5. The van der Waals surface area contributed by atoms with Gasteiger partial charge in [-0.2, -0.15) is 0 Å². The molecule has 0 aliphatic rings. The Morgan fingerprint density at radius 1 is 1.00 bits per heavy atom. The molecule has 2 nitrogen and oxygen atoms in total. The third-order valence-corrected chi connectivity index (χ3v) is 4.35. The summed E-state index contributed by atoms with van der Waals surface area (Å²) in [7, 11) is 0. The Morgan fingerprint density at radius 2 is 1.65 bits per heavy atom. The molecule has 0 saturated carbocycles. The fraction of sp³-hybridized carbons (Fsp3) is 0.0714. The quantitative estimate of drug-likeness (QED) is 0.535. The highest BCUT2D eigenvalue weighted by Crippen LogP contribution is 2.44. The van der Waals surface area contributed by atoms with Crippen molar-refractivity contribution in [1.82, 2.24) is 0 Å². The van der Waals surface area contributed by atoms with E-state index in [4.69, 9.17) is 46.4 Å². The first-order chi connectivity index (χ1) is 9.32. The largest absolute Gasteiger partial charge is 0.478 e. The maximum Gasteiger partial charge on any atom is 0.336 e. The molecule has 2 aromatic carbocycles. The van der Waals surface area contributed by atoms with Crippen LogP contribution < -0.4 is 0 Å². The van der Waals surface area contributed by atoms with Crippen molar-refractivity contribution in [3.63, 3.8) is 0 Å². The standard InChI is InChI=1S/C14H8Cl4O2/c1-6-2-3-7(14(19)20)8(4-6)11-9(15)5-10(16)12(17)13(11)18/h2-5H,1H3,(H,19,20). The third-order valence-electron chi connectivity index (χ3n) is 2.79. The van der Waals surface area contributed by atoms with Crippen LogP contribution in [-0.2, 0) is 0 Å². The van der Waals surface area contributed by atoms with Crippen LogP contribution in [0.15, 0.2) is 24.3 Å². The molecule has 0 aliphatic carbocycles. The first-order valence-electron chi connectivity index (χ1n) is 5.50. The van der Waals surface area contributed by atoms with Crippen molar-refractivity contribution < 1.29 is 9.90 Å². The van der Waals surface area contributed by atoms with Crippen LogP contribution in [0.3, 0.4) is 0 Å². The summed E-state index contributed by atoms with van der Waals surface area (Å²) >= 11 is 24.2. The maximum absolute atomic E-state index is 11.3. The minimum atomic E-state index is -1.07. The summed E-state index contributed by atoms with van der Waals surface area (Å²) in [5.41, 5.74) is 1.75. The van der Waals surface area contributed by atoms with E-state index in [9.17, 15) is 9.90 Å². The average Bonchev–Trinajstić information content (AvgIpc) is 2.36. The molecule has 2 aromatic rings. The van der Waals surface area contributed by atoms with Gasteiger partial charge in [-0.3, -0.25) is 0 Å². The molecule has 0 bridgehead atoms. The number of halogens is 4. The molecule has 0 aliphatic heterocycles. The summed E-state index contributed by atoms with van der Waals surface area (Å²) in [4.78, 5) is 11.3. The van der Waals surface area contributed by atoms with Crippen LogP contribution in [0.25, 0.3) is 11.1 Å². The number of carboxylic acids is 1. The number of aromatic carboxylic acids is 1. The predicted molar refractivity (Wildman–Crippen MR) is 83.6 cm³/mol. The monoisotopic (exact) mass is 348 g/mol. The minimum absolute atomic E-state index is 0.0952. The lowest BCUT2D eigenvalue weighted by Crippen LogP contribution is -2.00. The highest BCUT2D eigenvalue weighted by Gasteiger charge is 2.20. The zero-order chi connectivity index (χ0) is 15.0. The first-order valence-corrected chi connectivity index (χ1v) is 7.01. The molecule has 0 saturated heterocycles. The van der Waals surface area contributed by atoms with Gasteiger partial charge >= 0.3 is 5.97 Å². The lowest BCUT2D eigenvalue weighted by atomic mass is 9.97. The van der Waals surface area contributed by atoms with E-state index in [1.165, 1.54) is 12.1 Å². The number of hydrogen-bond donors (Lipinski definition) is 1. The Hall–Kier alpha value is -0.930. The second-order valence-electron chi connectivity index (χ2n) is 4.20. The van der Waals surface area contributed by atoms with Gasteiger partial charge < -0.3 is 5.11 Å². The van der Waals surface area contributed by atoms with E-state index < -0.39 is 5.97 Å². The van der Waals surface area contributed by atoms with E-state index in [0.717, 1.165) is 5.56 Å². The number of benzene rings is 2. The molecule has 0 heterocycles. The van der Waals surface area contributed by atoms with Crippen LogP contribution in [0.4, 0.5) is 0 Å². The van der Waals surface area contributed by atoms with E-state index >= 15 is 0 Å². The van der Waals surface area contributed by atoms with Gasteiger partial charge in [-0.25, -0.2) is 4.79 Å². The molecular weight excluding hydrogens is 342 g/mol. The third kappa shape index (κ3) is 2.75. The van der Waals surface area contributed by atoms with Gasteiger partial charge in [-0.1, -0.05) is 64.1 Å². The van der Waals surface area contributed by atoms with Crippen LogP contribution in [-0.4, -0.2) is 11.1 Å². The van der Waals surface area contributed by atoms with E-state index in [0.29, 0.717) is 11.1 Å². The van der Waals surface area contributed by atoms with Crippen molar-refractivity contribution in [1.29, 1.82) is 0 Å². The molecule has 0 atom stereocenters. The van der Waals surface area contributed by atoms with E-state index in [1.54, 1.807) is 12.1 Å². The van der Waals surface area contributed by atoms with Crippen LogP contribution in [0.2, 0.25) is 20.1 Å². The van der Waals surface area contributed by atoms with Gasteiger partial charge in [0.15, 0.2) is 0 Å². The van der Waals surface area contributed by atoms with Gasteiger partial charge in [-0.05, 0) is 24.6 Å². The topological polar surface area (TPSA) is 37.3 Å². The van der Waals surface area contributed by atoms with Gasteiger partial charge in [0.05, 0.1) is 25.7 Å². The van der Waals surface area contributed by atoms with Gasteiger partial charge in [-0.15, -0.1) is 0 Å². The number of carbonyl (C=O) groups is 1. The zero-order valence-electron chi connectivity index (χ0n) is 10.2. The summed E-state index contributed by atoms with van der Waals surface area (Å²) < 4.78 is 0. The van der Waals surface area contributed by atoms with E-state index in [-0.39, 0.29) is 25.7 Å². The summed E-state index contributed by atoms with van der Waals surface area (Å²) in [5, 5.41) is 10.0. The Labute approximate surface area is 135 Å². The Bertz CT molecular complexity index is 711. The first kappa shape index (κ1) is 15.5. The molecule has 0 fully saturated rings. The Morgan fingerprint density at radius 3 is 2.25 bits per heavy atom. The lowest BCUT2D eigenvalue weighted by Gasteiger charge is -2.13. The molecule has 0 unspecified atom stereocenters. The van der Waals surface area contributed by atoms with Crippen molar-refractivity contribution in [2.75, 3.05) is 0 Å². The molecule has 1 N–H and O–H groups in total. The van der Waals surface area contributed by atoms with Crippen molar-refractivity contribution in [3.05, 3.63) is 55.5 Å². The zero-order valence-corrected chi connectivity index (χ0v) is 13.2. The molecule has 20 heavy (non-hydrogen) atoms. The minimum Gasteiger partial charge on any atom is -0.478 e. The number of aryl methyl sites for hydroxylation is 1. The Kier molecular flexibility index (Phi) is 4.50. The van der Waals surface area contributed by atoms with Crippen molar-refractivity contribution >= 4 is 52.4 Å². The van der Waals surface area contributed by atoms with Crippen LogP contribution in [0.1, 0.15) is 15.9 Å². The molecule has 0 aromatic heterocycles. The number of hydrogen-bond acceptors (Lipinski definition) is 1. The molecule has 0 amide bonds. The molecule has 104 valence electrons. The molecule has 6 heteroatoms. The summed E-state index contributed by atoms with van der Waals surface area (Å²) in [5.74, 6) is -1.07. The predicted octanol–water partition coefficient (Wildman–Crippen LogP) is 5.97. The van der Waals surface area contributed by atoms with Crippen molar-refractivity contribution in [2.24, 2.45) is 0 Å². The summed E-state index contributed by atoms with van der Waals surface area (Å²) in [6, 6.07) is 6.34. The van der Waals surface area contributed by atoms with E-state index in [2.05, 4.69) is 0 Å². The molecule has 0 radical (unpaired) electrons. The number of carboxylic acid groups (broad SMARTS) is 1. The van der Waals surface area contributed by atoms with Gasteiger partial charge in [0.25, 0.3) is 0 Å². The smallest absolute Gasteiger partial charge is 0.336 e. The van der Waals surface area contributed by atoms with Crippen LogP contribution in [0, 0.1) is 6.92 Å². The summed E-state index contributed by atoms with van der Waals surface area (Å²) in [6.45, 7) is 1.84. The molecule has 2 rings (SSSR count). The van der Waals surface area contributed by atoms with Crippen LogP contribution >= 0.6 is 46.4 Å². The fourth-order valence-electron chi connectivity index (χ4n) is 1.86.